The molecule has 0 saturated heterocycles. The van der Waals surface area contributed by atoms with Gasteiger partial charge >= 0.3 is 0 Å². The Kier molecular flexibility index (Phi) is 5.85. The molecule has 1 fully saturated rings. The van der Waals surface area contributed by atoms with Gasteiger partial charge in [0.1, 0.15) is 5.82 Å². The van der Waals surface area contributed by atoms with Crippen molar-refractivity contribution in [2.24, 2.45) is 5.92 Å². The predicted molar refractivity (Wildman–Crippen MR) is 115 cm³/mol. The number of nitrogens with zero attached hydrogens (tertiary/aromatic N) is 1. The van der Waals surface area contributed by atoms with Crippen molar-refractivity contribution in [3.05, 3.63) is 65.9 Å². The molecule has 2 N–H and O–H groups in total. The molecule has 0 bridgehead atoms. The Balaban J connectivity index is 1.66. The summed E-state index contributed by atoms with van der Waals surface area (Å²) in [7, 11) is 0. The lowest BCUT2D eigenvalue weighted by Crippen LogP contribution is -2.10. The summed E-state index contributed by atoms with van der Waals surface area (Å²) in [4.78, 5) is 4.06. The van der Waals surface area contributed by atoms with Gasteiger partial charge in [-0.3, -0.25) is 0 Å². The third-order valence-corrected chi connectivity index (χ3v) is 5.22. The summed E-state index contributed by atoms with van der Waals surface area (Å²) in [6, 6.07) is 9.17. The summed E-state index contributed by atoms with van der Waals surface area (Å²) >= 11 is 0. The molecule has 0 unspecified atom stereocenters. The number of benzene rings is 2. The second-order valence-corrected chi connectivity index (χ2v) is 8.14. The number of hydrogen-bond donors (Lipinski definition) is 2. The second kappa shape index (κ2) is 8.57. The summed E-state index contributed by atoms with van der Waals surface area (Å²) in [5.74, 6) is -4.61. The number of aromatic nitrogens is 1. The number of nitrogens with one attached hydrogen (secondary N) is 2. The van der Waals surface area contributed by atoms with E-state index in [4.69, 9.17) is 0 Å². The SMILES string of the molecule is CC(C)Nc1ccc(-c2c(F)c(F)c(-c3ccc(NCC4CC4)cc3)c(F)c2F)cn1. The van der Waals surface area contributed by atoms with Crippen molar-refractivity contribution in [2.75, 3.05) is 17.2 Å². The van der Waals surface area contributed by atoms with Crippen LogP contribution < -0.4 is 10.6 Å². The van der Waals surface area contributed by atoms with Gasteiger partial charge in [0.25, 0.3) is 0 Å². The van der Waals surface area contributed by atoms with Crippen LogP contribution in [0, 0.1) is 29.2 Å². The fraction of sp³-hybridized carbons (Fsp3) is 0.292. The minimum atomic E-state index is -1.45. The highest BCUT2D eigenvalue weighted by Crippen LogP contribution is 2.37. The van der Waals surface area contributed by atoms with Gasteiger partial charge in [0.2, 0.25) is 0 Å². The van der Waals surface area contributed by atoms with Gasteiger partial charge in [-0.15, -0.1) is 0 Å². The second-order valence-electron chi connectivity index (χ2n) is 8.14. The molecule has 0 aliphatic heterocycles. The zero-order valence-corrected chi connectivity index (χ0v) is 17.3. The summed E-state index contributed by atoms with van der Waals surface area (Å²) in [6.07, 6.45) is 3.57. The van der Waals surface area contributed by atoms with Crippen LogP contribution in [0.25, 0.3) is 22.3 Å². The zero-order chi connectivity index (χ0) is 22.1. The standard InChI is InChI=1S/C24H23F4N3/c1-13(2)31-18-10-7-16(12-30-18)20-23(27)21(25)19(22(26)24(20)28)15-5-8-17(9-6-15)29-11-14-3-4-14/h5-10,12-14,29H,3-4,11H2,1-2H3,(H,30,31). The molecule has 0 amide bonds. The van der Waals surface area contributed by atoms with E-state index in [1.807, 2.05) is 13.8 Å². The molecule has 3 nitrogen and oxygen atoms in total. The minimum Gasteiger partial charge on any atom is -0.385 e. The largest absolute Gasteiger partial charge is 0.385 e. The first kappa shape index (κ1) is 21.2. The predicted octanol–water partition coefficient (Wildman–Crippen LogP) is 6.61. The summed E-state index contributed by atoms with van der Waals surface area (Å²) < 4.78 is 59.4. The molecular formula is C24H23F4N3. The fourth-order valence-corrected chi connectivity index (χ4v) is 3.40. The lowest BCUT2D eigenvalue weighted by molar-refractivity contribution is 0.463. The zero-order valence-electron chi connectivity index (χ0n) is 17.3. The Hall–Kier alpha value is -3.09. The molecule has 0 spiro atoms. The van der Waals surface area contributed by atoms with Crippen LogP contribution in [0.1, 0.15) is 26.7 Å². The summed E-state index contributed by atoms with van der Waals surface area (Å²) in [6.45, 7) is 4.65. The number of rotatable bonds is 7. The maximum Gasteiger partial charge on any atom is 0.170 e. The van der Waals surface area contributed by atoms with E-state index in [1.165, 1.54) is 43.3 Å². The Labute approximate surface area is 178 Å². The van der Waals surface area contributed by atoms with Crippen molar-refractivity contribution < 1.29 is 17.6 Å². The van der Waals surface area contributed by atoms with Gasteiger partial charge in [-0.1, -0.05) is 12.1 Å². The van der Waals surface area contributed by atoms with Crippen LogP contribution in [0.2, 0.25) is 0 Å². The molecule has 2 aromatic carbocycles. The smallest absolute Gasteiger partial charge is 0.170 e. The van der Waals surface area contributed by atoms with Crippen LogP contribution >= 0.6 is 0 Å². The molecular weight excluding hydrogens is 406 g/mol. The van der Waals surface area contributed by atoms with E-state index < -0.39 is 34.4 Å². The normalized spacial score (nSPS) is 13.5. The van der Waals surface area contributed by atoms with Crippen molar-refractivity contribution in [3.63, 3.8) is 0 Å². The van der Waals surface area contributed by atoms with Crippen molar-refractivity contribution >= 4 is 11.5 Å². The molecule has 162 valence electrons. The van der Waals surface area contributed by atoms with Crippen LogP contribution in [-0.4, -0.2) is 17.6 Å². The average Bonchev–Trinajstić information content (AvgIpc) is 3.57. The quantitative estimate of drug-likeness (QED) is 0.328. The minimum absolute atomic E-state index is 0.0479. The van der Waals surface area contributed by atoms with E-state index >= 15 is 0 Å². The van der Waals surface area contributed by atoms with Gasteiger partial charge in [-0.25, -0.2) is 22.5 Å². The van der Waals surface area contributed by atoms with Crippen molar-refractivity contribution in [3.8, 4) is 22.3 Å². The van der Waals surface area contributed by atoms with Gasteiger partial charge in [0, 0.05) is 30.0 Å². The maximum atomic E-state index is 14.9. The van der Waals surface area contributed by atoms with Gasteiger partial charge in [0.15, 0.2) is 23.3 Å². The number of pyridine rings is 1. The molecule has 1 aromatic heterocycles. The molecule has 31 heavy (non-hydrogen) atoms. The van der Waals surface area contributed by atoms with Crippen molar-refractivity contribution in [1.29, 1.82) is 0 Å². The van der Waals surface area contributed by atoms with Crippen molar-refractivity contribution in [2.45, 2.75) is 32.7 Å². The van der Waals surface area contributed by atoms with Crippen LogP contribution in [0.3, 0.4) is 0 Å². The van der Waals surface area contributed by atoms with E-state index in [-0.39, 0.29) is 17.2 Å². The average molecular weight is 429 g/mol. The van der Waals surface area contributed by atoms with Crippen LogP contribution in [-0.2, 0) is 0 Å². The molecule has 7 heteroatoms. The van der Waals surface area contributed by atoms with E-state index in [0.717, 1.165) is 12.2 Å². The first-order valence-corrected chi connectivity index (χ1v) is 10.3. The van der Waals surface area contributed by atoms with Gasteiger partial charge in [0.05, 0.1) is 11.1 Å². The van der Waals surface area contributed by atoms with E-state index in [9.17, 15) is 17.6 Å². The van der Waals surface area contributed by atoms with Gasteiger partial charge in [-0.05, 0) is 62.4 Å². The third kappa shape index (κ3) is 4.50. The van der Waals surface area contributed by atoms with E-state index in [0.29, 0.717) is 11.7 Å². The molecule has 1 heterocycles. The van der Waals surface area contributed by atoms with E-state index in [1.54, 1.807) is 12.1 Å². The molecule has 3 aromatic rings. The highest BCUT2D eigenvalue weighted by Gasteiger charge is 2.27. The Morgan fingerprint density at radius 3 is 1.87 bits per heavy atom. The monoisotopic (exact) mass is 429 g/mol. The van der Waals surface area contributed by atoms with Crippen LogP contribution in [0.5, 0.6) is 0 Å². The lowest BCUT2D eigenvalue weighted by Gasteiger charge is -2.14. The van der Waals surface area contributed by atoms with Crippen molar-refractivity contribution in [1.82, 2.24) is 4.98 Å². The van der Waals surface area contributed by atoms with E-state index in [2.05, 4.69) is 15.6 Å². The Bertz CT molecular complexity index is 1050. The Morgan fingerprint density at radius 1 is 0.839 bits per heavy atom. The lowest BCUT2D eigenvalue weighted by atomic mass is 9.98. The molecule has 1 saturated carbocycles. The molecule has 1 aliphatic carbocycles. The summed E-state index contributed by atoms with van der Waals surface area (Å²) in [5, 5.41) is 6.27. The highest BCUT2D eigenvalue weighted by atomic mass is 19.2. The topological polar surface area (TPSA) is 37.0 Å². The van der Waals surface area contributed by atoms with Gasteiger partial charge in [-0.2, -0.15) is 0 Å². The molecule has 0 atom stereocenters. The first-order valence-electron chi connectivity index (χ1n) is 10.3. The third-order valence-electron chi connectivity index (χ3n) is 5.22. The molecule has 0 radical (unpaired) electrons. The van der Waals surface area contributed by atoms with Crippen LogP contribution in [0.4, 0.5) is 29.1 Å². The van der Waals surface area contributed by atoms with Gasteiger partial charge < -0.3 is 10.6 Å². The number of hydrogen-bond acceptors (Lipinski definition) is 3. The number of halogens is 4. The Morgan fingerprint density at radius 2 is 1.39 bits per heavy atom. The number of anilines is 2. The summed E-state index contributed by atoms with van der Waals surface area (Å²) in [5.41, 5.74) is -0.696. The fourth-order valence-electron chi connectivity index (χ4n) is 3.40. The maximum absolute atomic E-state index is 14.9. The molecule has 4 rings (SSSR count). The highest BCUT2D eigenvalue weighted by molar-refractivity contribution is 5.74. The molecule has 1 aliphatic rings. The van der Waals surface area contributed by atoms with Crippen LogP contribution in [0.15, 0.2) is 42.6 Å². The first-order chi connectivity index (χ1) is 14.8.